The Hall–Kier alpha value is -1.73. The lowest BCUT2D eigenvalue weighted by Gasteiger charge is -2.21. The molecule has 1 amide bonds. The predicted octanol–water partition coefficient (Wildman–Crippen LogP) is 0.764. The van der Waals surface area contributed by atoms with E-state index in [-0.39, 0.29) is 4.90 Å². The summed E-state index contributed by atoms with van der Waals surface area (Å²) in [4.78, 5) is 11.2. The first kappa shape index (κ1) is 16.3. The SMILES string of the molecule is C=CC(=O)N[C@H](CF)[C@H](O)c1ccc(S(C)(=O)=O)cc1. The van der Waals surface area contributed by atoms with Crippen LogP contribution in [-0.4, -0.2) is 38.4 Å². The van der Waals surface area contributed by atoms with Crippen LogP contribution in [-0.2, 0) is 14.6 Å². The van der Waals surface area contributed by atoms with Gasteiger partial charge in [0.25, 0.3) is 0 Å². The number of benzene rings is 1. The van der Waals surface area contributed by atoms with Crippen molar-refractivity contribution >= 4 is 15.7 Å². The molecule has 20 heavy (non-hydrogen) atoms. The van der Waals surface area contributed by atoms with Crippen LogP contribution >= 0.6 is 0 Å². The number of halogens is 1. The number of aliphatic hydroxyl groups excluding tert-OH is 1. The summed E-state index contributed by atoms with van der Waals surface area (Å²) < 4.78 is 35.4. The van der Waals surface area contributed by atoms with Gasteiger partial charge in [-0.15, -0.1) is 0 Å². The number of carbonyl (C=O) groups is 1. The van der Waals surface area contributed by atoms with Gasteiger partial charge in [0.1, 0.15) is 12.8 Å². The van der Waals surface area contributed by atoms with Gasteiger partial charge in [-0.3, -0.25) is 4.79 Å². The average molecular weight is 301 g/mol. The monoisotopic (exact) mass is 301 g/mol. The Balaban J connectivity index is 2.93. The van der Waals surface area contributed by atoms with Gasteiger partial charge in [-0.1, -0.05) is 18.7 Å². The van der Waals surface area contributed by atoms with Crippen molar-refractivity contribution in [2.45, 2.75) is 17.0 Å². The van der Waals surface area contributed by atoms with Crippen LogP contribution < -0.4 is 5.32 Å². The topological polar surface area (TPSA) is 83.5 Å². The zero-order valence-electron chi connectivity index (χ0n) is 10.9. The smallest absolute Gasteiger partial charge is 0.243 e. The van der Waals surface area contributed by atoms with Gasteiger partial charge < -0.3 is 10.4 Å². The second-order valence-electron chi connectivity index (χ2n) is 4.26. The van der Waals surface area contributed by atoms with Crippen LogP contribution in [0.4, 0.5) is 4.39 Å². The van der Waals surface area contributed by atoms with E-state index in [9.17, 15) is 22.7 Å². The summed E-state index contributed by atoms with van der Waals surface area (Å²) in [5, 5.41) is 12.2. The number of amides is 1. The Morgan fingerprint density at radius 3 is 2.40 bits per heavy atom. The summed E-state index contributed by atoms with van der Waals surface area (Å²) in [6.07, 6.45) is 0.757. The summed E-state index contributed by atoms with van der Waals surface area (Å²) in [5.74, 6) is -0.598. The van der Waals surface area contributed by atoms with Crippen molar-refractivity contribution in [3.05, 3.63) is 42.5 Å². The molecule has 0 fully saturated rings. The molecule has 1 rings (SSSR count). The van der Waals surface area contributed by atoms with E-state index in [1.807, 2.05) is 0 Å². The predicted molar refractivity (Wildman–Crippen MR) is 72.6 cm³/mol. The first-order chi connectivity index (χ1) is 9.29. The molecule has 0 aliphatic rings. The molecule has 0 spiro atoms. The van der Waals surface area contributed by atoms with E-state index in [0.717, 1.165) is 12.3 Å². The lowest BCUT2D eigenvalue weighted by Crippen LogP contribution is -2.40. The highest BCUT2D eigenvalue weighted by Gasteiger charge is 2.22. The Morgan fingerprint density at radius 1 is 1.45 bits per heavy atom. The number of aliphatic hydroxyl groups is 1. The summed E-state index contributed by atoms with van der Waals surface area (Å²) in [6.45, 7) is 2.27. The first-order valence-corrected chi connectivity index (χ1v) is 7.65. The molecule has 0 aliphatic heterocycles. The number of hydrogen-bond donors (Lipinski definition) is 2. The Kier molecular flexibility index (Phi) is 5.41. The molecule has 0 radical (unpaired) electrons. The summed E-state index contributed by atoms with van der Waals surface area (Å²) >= 11 is 0. The maximum Gasteiger partial charge on any atom is 0.243 e. The van der Waals surface area contributed by atoms with Gasteiger partial charge in [0.05, 0.1) is 10.9 Å². The first-order valence-electron chi connectivity index (χ1n) is 5.76. The van der Waals surface area contributed by atoms with Crippen LogP contribution in [0.3, 0.4) is 0 Å². The molecule has 0 unspecified atom stereocenters. The van der Waals surface area contributed by atoms with Gasteiger partial charge >= 0.3 is 0 Å². The lowest BCUT2D eigenvalue weighted by atomic mass is 10.0. The molecule has 5 nitrogen and oxygen atoms in total. The lowest BCUT2D eigenvalue weighted by molar-refractivity contribution is -0.118. The van der Waals surface area contributed by atoms with Crippen LogP contribution in [0.25, 0.3) is 0 Å². The normalized spacial score (nSPS) is 14.3. The zero-order valence-corrected chi connectivity index (χ0v) is 11.7. The fraction of sp³-hybridized carbons (Fsp3) is 0.308. The minimum Gasteiger partial charge on any atom is -0.386 e. The second kappa shape index (κ2) is 6.62. The van der Waals surface area contributed by atoms with Crippen LogP contribution in [0, 0.1) is 0 Å². The number of alkyl halides is 1. The molecule has 0 saturated carbocycles. The van der Waals surface area contributed by atoms with Gasteiger partial charge in [-0.25, -0.2) is 12.8 Å². The van der Waals surface area contributed by atoms with E-state index in [1.54, 1.807) is 0 Å². The fourth-order valence-electron chi connectivity index (χ4n) is 1.59. The van der Waals surface area contributed by atoms with E-state index in [0.29, 0.717) is 5.56 Å². The molecule has 0 heterocycles. The number of carbonyl (C=O) groups excluding carboxylic acids is 1. The maximum atomic E-state index is 12.9. The molecule has 1 aromatic carbocycles. The van der Waals surface area contributed by atoms with Crippen molar-refractivity contribution < 1.29 is 22.7 Å². The molecule has 1 aromatic rings. The molecule has 2 atom stereocenters. The summed E-state index contributed by atoms with van der Waals surface area (Å²) in [7, 11) is -3.33. The van der Waals surface area contributed by atoms with Crippen molar-refractivity contribution in [3.8, 4) is 0 Å². The highest BCUT2D eigenvalue weighted by Crippen LogP contribution is 2.19. The number of rotatable bonds is 6. The quantitative estimate of drug-likeness (QED) is 0.760. The van der Waals surface area contributed by atoms with Crippen LogP contribution in [0.15, 0.2) is 41.8 Å². The molecule has 0 bridgehead atoms. The fourth-order valence-corrected chi connectivity index (χ4v) is 2.22. The third-order valence-corrected chi connectivity index (χ3v) is 3.84. The maximum absolute atomic E-state index is 12.9. The average Bonchev–Trinajstić information content (AvgIpc) is 2.42. The van der Waals surface area contributed by atoms with E-state index in [4.69, 9.17) is 0 Å². The van der Waals surface area contributed by atoms with Gasteiger partial charge in [0.2, 0.25) is 5.91 Å². The Bertz CT molecular complexity index is 583. The van der Waals surface area contributed by atoms with Gasteiger partial charge in [-0.05, 0) is 23.8 Å². The van der Waals surface area contributed by atoms with Crippen LogP contribution in [0.1, 0.15) is 11.7 Å². The Labute approximate surface area is 117 Å². The molecule has 0 aromatic heterocycles. The van der Waals surface area contributed by atoms with Crippen LogP contribution in [0.2, 0.25) is 0 Å². The highest BCUT2D eigenvalue weighted by atomic mass is 32.2. The number of sulfone groups is 1. The van der Waals surface area contributed by atoms with Gasteiger partial charge in [-0.2, -0.15) is 0 Å². The van der Waals surface area contributed by atoms with Gasteiger partial charge in [0.15, 0.2) is 9.84 Å². The van der Waals surface area contributed by atoms with Crippen molar-refractivity contribution in [3.63, 3.8) is 0 Å². The summed E-state index contributed by atoms with van der Waals surface area (Å²) in [6, 6.07) is 4.27. The van der Waals surface area contributed by atoms with Crippen molar-refractivity contribution in [1.29, 1.82) is 0 Å². The third-order valence-electron chi connectivity index (χ3n) is 2.71. The summed E-state index contributed by atoms with van der Waals surface area (Å²) in [5.41, 5.74) is 0.310. The molecule has 0 saturated heterocycles. The Morgan fingerprint density at radius 2 is 2.00 bits per heavy atom. The minimum absolute atomic E-state index is 0.0976. The molecular weight excluding hydrogens is 285 g/mol. The minimum atomic E-state index is -3.33. The van der Waals surface area contributed by atoms with E-state index < -0.39 is 34.6 Å². The van der Waals surface area contributed by atoms with Crippen molar-refractivity contribution in [1.82, 2.24) is 5.32 Å². The largest absolute Gasteiger partial charge is 0.386 e. The van der Waals surface area contributed by atoms with Crippen LogP contribution in [0.5, 0.6) is 0 Å². The van der Waals surface area contributed by atoms with Crippen molar-refractivity contribution in [2.24, 2.45) is 0 Å². The second-order valence-corrected chi connectivity index (χ2v) is 6.28. The molecule has 2 N–H and O–H groups in total. The highest BCUT2D eigenvalue weighted by molar-refractivity contribution is 7.90. The molecular formula is C13H16FNO4S. The molecule has 7 heteroatoms. The zero-order chi connectivity index (χ0) is 15.3. The number of hydrogen-bond acceptors (Lipinski definition) is 4. The van der Waals surface area contributed by atoms with Gasteiger partial charge in [0, 0.05) is 6.26 Å². The molecule has 0 aliphatic carbocycles. The third kappa shape index (κ3) is 4.14. The van der Waals surface area contributed by atoms with Crippen molar-refractivity contribution in [2.75, 3.05) is 12.9 Å². The van der Waals surface area contributed by atoms with E-state index >= 15 is 0 Å². The number of nitrogens with one attached hydrogen (secondary N) is 1. The standard InChI is InChI=1S/C13H16FNO4S/c1-3-12(16)15-11(8-14)13(17)9-4-6-10(7-5-9)20(2,18)19/h3-7,11,13,17H,1,8H2,2H3,(H,15,16)/t11-,13-/m1/s1. The van der Waals surface area contributed by atoms with E-state index in [2.05, 4.69) is 11.9 Å². The molecule has 110 valence electrons. The van der Waals surface area contributed by atoms with E-state index in [1.165, 1.54) is 24.3 Å².